The van der Waals surface area contributed by atoms with Crippen LogP contribution in [0.2, 0.25) is 5.02 Å². The molecule has 7 heteroatoms. The zero-order valence-corrected chi connectivity index (χ0v) is 19.0. The van der Waals surface area contributed by atoms with Crippen molar-refractivity contribution >= 4 is 17.7 Å². The summed E-state index contributed by atoms with van der Waals surface area (Å²) in [7, 11) is 0. The van der Waals surface area contributed by atoms with Crippen molar-refractivity contribution in [2.75, 3.05) is 13.1 Å². The quantitative estimate of drug-likeness (QED) is 0.564. The van der Waals surface area contributed by atoms with Gasteiger partial charge in [-0.15, -0.1) is 0 Å². The van der Waals surface area contributed by atoms with Gasteiger partial charge in [0.15, 0.2) is 0 Å². The van der Waals surface area contributed by atoms with E-state index in [1.54, 1.807) is 17.2 Å². The van der Waals surface area contributed by atoms with Gasteiger partial charge in [-0.05, 0) is 51.0 Å². The van der Waals surface area contributed by atoms with Gasteiger partial charge >= 0.3 is 6.09 Å². The van der Waals surface area contributed by atoms with Gasteiger partial charge in [-0.2, -0.15) is 0 Å². The summed E-state index contributed by atoms with van der Waals surface area (Å²) >= 11 is 6.01. The van der Waals surface area contributed by atoms with Crippen LogP contribution in [0.5, 0.6) is 5.75 Å². The van der Waals surface area contributed by atoms with Crippen molar-refractivity contribution in [2.24, 2.45) is 0 Å². The second-order valence-electron chi connectivity index (χ2n) is 8.90. The molecule has 2 aromatic rings. The van der Waals surface area contributed by atoms with Gasteiger partial charge < -0.3 is 19.1 Å². The molecule has 2 aliphatic heterocycles. The van der Waals surface area contributed by atoms with E-state index >= 15 is 0 Å². The predicted molar refractivity (Wildman–Crippen MR) is 118 cm³/mol. The zero-order valence-electron chi connectivity index (χ0n) is 18.2. The Hall–Kier alpha value is -2.57. The molecule has 0 fully saturated rings. The smallest absolute Gasteiger partial charge is 0.410 e. The van der Waals surface area contributed by atoms with Gasteiger partial charge in [0.05, 0.1) is 5.02 Å². The zero-order chi connectivity index (χ0) is 22.2. The van der Waals surface area contributed by atoms with Crippen LogP contribution in [0, 0.1) is 0 Å². The molecule has 2 atom stereocenters. The highest BCUT2D eigenvalue weighted by molar-refractivity contribution is 6.30. The molecule has 0 aliphatic carbocycles. The monoisotopic (exact) mass is 442 g/mol. The molecule has 0 saturated heterocycles. The van der Waals surface area contributed by atoms with Crippen molar-refractivity contribution in [1.82, 2.24) is 9.88 Å². The summed E-state index contributed by atoms with van der Waals surface area (Å²) in [6.07, 6.45) is 3.72. The van der Waals surface area contributed by atoms with Gasteiger partial charge in [-0.3, -0.25) is 4.98 Å². The first-order chi connectivity index (χ1) is 14.6. The normalized spacial score (nSPS) is 23.5. The number of aromatic nitrogens is 1. The molecule has 1 aromatic carbocycles. The average Bonchev–Trinajstić information content (AvgIpc) is 2.72. The summed E-state index contributed by atoms with van der Waals surface area (Å²) in [5, 5.41) is 0.553. The summed E-state index contributed by atoms with van der Waals surface area (Å²) in [5.41, 5.74) is 2.20. The van der Waals surface area contributed by atoms with Crippen molar-refractivity contribution < 1.29 is 19.0 Å². The number of hydrogen-bond acceptors (Lipinski definition) is 5. The fraction of sp³-hybridized carbons (Fsp3) is 0.417. The van der Waals surface area contributed by atoms with E-state index in [0.717, 1.165) is 16.9 Å². The van der Waals surface area contributed by atoms with Crippen molar-refractivity contribution in [3.05, 3.63) is 70.5 Å². The third-order valence-electron chi connectivity index (χ3n) is 5.27. The van der Waals surface area contributed by atoms with E-state index in [1.165, 1.54) is 0 Å². The molecular weight excluding hydrogens is 416 g/mol. The number of para-hydroxylation sites is 1. The van der Waals surface area contributed by atoms with Gasteiger partial charge in [0.25, 0.3) is 5.79 Å². The third kappa shape index (κ3) is 4.70. The largest absolute Gasteiger partial charge is 0.456 e. The Labute approximate surface area is 187 Å². The van der Waals surface area contributed by atoms with Crippen LogP contribution >= 0.6 is 11.6 Å². The lowest BCUT2D eigenvalue weighted by molar-refractivity contribution is -0.221. The molecule has 0 radical (unpaired) electrons. The Bertz CT molecular complexity index is 999. The molecule has 0 bridgehead atoms. The minimum atomic E-state index is -1.06. The van der Waals surface area contributed by atoms with Crippen molar-refractivity contribution in [2.45, 2.75) is 51.6 Å². The van der Waals surface area contributed by atoms with Crippen molar-refractivity contribution in [3.63, 3.8) is 0 Å². The second kappa shape index (κ2) is 8.17. The number of benzene rings is 1. The summed E-state index contributed by atoms with van der Waals surface area (Å²) in [4.78, 5) is 18.5. The number of nitrogens with zero attached hydrogens (tertiary/aromatic N) is 2. The lowest BCUT2D eigenvalue weighted by Crippen LogP contribution is -2.42. The molecule has 0 spiro atoms. The molecule has 1 aromatic heterocycles. The van der Waals surface area contributed by atoms with Gasteiger partial charge in [-0.1, -0.05) is 35.9 Å². The Morgan fingerprint density at radius 2 is 2.03 bits per heavy atom. The Kier molecular flexibility index (Phi) is 5.71. The standard InChI is InChI=1S/C24H27ClN2O4/c1-23(2,3)31-22(28)27-13-11-16(12-14-27)21-18-7-5-6-8-19(18)29-24(4,30-21)20-10-9-17(25)15-26-20/h5-11,15,21H,12-14H2,1-4H3/t21?,24-/m1/s1. The molecule has 164 valence electrons. The Morgan fingerprint density at radius 3 is 2.68 bits per heavy atom. The number of fused-ring (bicyclic) bond motifs is 1. The topological polar surface area (TPSA) is 60.9 Å². The lowest BCUT2D eigenvalue weighted by atomic mass is 9.93. The van der Waals surface area contributed by atoms with Crippen LogP contribution < -0.4 is 4.74 Å². The first kappa shape index (κ1) is 21.7. The SMILES string of the molecule is CC(C)(C)OC(=O)N1CC=C(C2O[C@](C)(c3ccc(Cl)cn3)Oc3ccccc32)CC1. The maximum absolute atomic E-state index is 12.4. The number of halogens is 1. The Morgan fingerprint density at radius 1 is 1.26 bits per heavy atom. The molecule has 4 rings (SSSR count). The van der Waals surface area contributed by atoms with Crippen molar-refractivity contribution in [3.8, 4) is 5.75 Å². The Balaban J connectivity index is 1.60. The van der Waals surface area contributed by atoms with E-state index in [4.69, 9.17) is 25.8 Å². The number of carbonyl (C=O) groups excluding carboxylic acids is 1. The summed E-state index contributed by atoms with van der Waals surface area (Å²) < 4.78 is 18.3. The maximum Gasteiger partial charge on any atom is 0.410 e. The highest BCUT2D eigenvalue weighted by Crippen LogP contribution is 2.46. The first-order valence-electron chi connectivity index (χ1n) is 10.4. The molecule has 0 N–H and O–H groups in total. The molecular formula is C24H27ClN2O4. The number of rotatable bonds is 2. The fourth-order valence-electron chi connectivity index (χ4n) is 3.76. The minimum Gasteiger partial charge on any atom is -0.456 e. The number of hydrogen-bond donors (Lipinski definition) is 0. The molecule has 1 unspecified atom stereocenters. The molecule has 31 heavy (non-hydrogen) atoms. The second-order valence-corrected chi connectivity index (χ2v) is 9.34. The average molecular weight is 443 g/mol. The molecule has 1 amide bonds. The number of pyridine rings is 1. The van der Waals surface area contributed by atoms with Gasteiger partial charge in [0.1, 0.15) is 23.1 Å². The highest BCUT2D eigenvalue weighted by Gasteiger charge is 2.42. The molecule has 0 saturated carbocycles. The summed E-state index contributed by atoms with van der Waals surface area (Å²) in [6, 6.07) is 11.4. The van der Waals surface area contributed by atoms with Crippen LogP contribution in [-0.4, -0.2) is 34.7 Å². The van der Waals surface area contributed by atoms with E-state index in [-0.39, 0.29) is 12.2 Å². The predicted octanol–water partition coefficient (Wildman–Crippen LogP) is 5.63. The first-order valence-corrected chi connectivity index (χ1v) is 10.8. The lowest BCUT2D eigenvalue weighted by Gasteiger charge is -2.41. The molecule has 2 aliphatic rings. The molecule has 6 nitrogen and oxygen atoms in total. The van der Waals surface area contributed by atoms with Gasteiger partial charge in [0.2, 0.25) is 0 Å². The van der Waals surface area contributed by atoms with E-state index in [9.17, 15) is 4.79 Å². The van der Waals surface area contributed by atoms with E-state index in [0.29, 0.717) is 30.2 Å². The van der Waals surface area contributed by atoms with Crippen LogP contribution in [0.4, 0.5) is 4.79 Å². The van der Waals surface area contributed by atoms with E-state index in [1.807, 2.05) is 58.0 Å². The maximum atomic E-state index is 12.4. The van der Waals surface area contributed by atoms with Gasteiger partial charge in [0, 0.05) is 31.8 Å². The highest BCUT2D eigenvalue weighted by atomic mass is 35.5. The number of ether oxygens (including phenoxy) is 3. The van der Waals surface area contributed by atoms with Crippen molar-refractivity contribution in [1.29, 1.82) is 0 Å². The van der Waals surface area contributed by atoms with E-state index < -0.39 is 11.4 Å². The van der Waals surface area contributed by atoms with E-state index in [2.05, 4.69) is 11.1 Å². The van der Waals surface area contributed by atoms with Crippen LogP contribution in [0.15, 0.2) is 54.2 Å². The van der Waals surface area contributed by atoms with Crippen LogP contribution in [0.1, 0.15) is 51.5 Å². The van der Waals surface area contributed by atoms with Gasteiger partial charge in [-0.25, -0.2) is 4.79 Å². The van der Waals surface area contributed by atoms with Crippen LogP contribution in [0.3, 0.4) is 0 Å². The molecule has 3 heterocycles. The fourth-order valence-corrected chi connectivity index (χ4v) is 3.87. The van der Waals surface area contributed by atoms with Crippen LogP contribution in [-0.2, 0) is 15.3 Å². The summed E-state index contributed by atoms with van der Waals surface area (Å²) in [6.45, 7) is 8.52. The minimum absolute atomic E-state index is 0.298. The third-order valence-corrected chi connectivity index (χ3v) is 5.50. The number of amides is 1. The number of carbonyl (C=O) groups is 1. The van der Waals surface area contributed by atoms with Crippen LogP contribution in [0.25, 0.3) is 0 Å². The summed E-state index contributed by atoms with van der Waals surface area (Å²) in [5.74, 6) is -0.305.